The molecule has 1 heterocycles. The van der Waals surface area contributed by atoms with E-state index in [0.29, 0.717) is 22.3 Å². The number of ether oxygens (including phenoxy) is 1. The molecule has 3 rings (SSSR count). The quantitative estimate of drug-likeness (QED) is 0.436. The van der Waals surface area contributed by atoms with Gasteiger partial charge in [0.2, 0.25) is 0 Å². The van der Waals surface area contributed by atoms with Crippen molar-refractivity contribution in [2.75, 3.05) is 6.61 Å². The van der Waals surface area contributed by atoms with Gasteiger partial charge in [0.1, 0.15) is 5.75 Å². The topological polar surface area (TPSA) is 34.5 Å². The molecule has 138 valence electrons. The summed E-state index contributed by atoms with van der Waals surface area (Å²) in [5, 5.41) is 0.949. The van der Waals surface area contributed by atoms with Crippen LogP contribution in [-0.2, 0) is 12.8 Å². The van der Waals surface area contributed by atoms with Gasteiger partial charge >= 0.3 is 0 Å². The van der Waals surface area contributed by atoms with Crippen molar-refractivity contribution in [3.05, 3.63) is 87.7 Å². The molecule has 0 aliphatic rings. The molecule has 5 heteroatoms. The van der Waals surface area contributed by atoms with Crippen LogP contribution in [0.25, 0.3) is 0 Å². The van der Waals surface area contributed by atoms with Gasteiger partial charge in [0.05, 0.1) is 22.3 Å². The minimum Gasteiger partial charge on any atom is -0.493 e. The van der Waals surface area contributed by atoms with Crippen LogP contribution in [-0.4, -0.2) is 17.8 Å². The molecule has 0 spiro atoms. The molecule has 0 radical (unpaired) electrons. The van der Waals surface area contributed by atoms with Gasteiger partial charge in [-0.25, -0.2) is 0 Å². The fraction of sp³-hybridized carbons (Fsp3) is 0.182. The average Bonchev–Trinajstić information content (AvgIpc) is 2.70. The second kappa shape index (κ2) is 9.54. The summed E-state index contributed by atoms with van der Waals surface area (Å²) >= 11 is 12.1. The lowest BCUT2D eigenvalue weighted by Crippen LogP contribution is -2.03. The zero-order valence-electron chi connectivity index (χ0n) is 15.0. The summed E-state index contributed by atoms with van der Waals surface area (Å²) in [5.74, 6) is 0.818. The minimum absolute atomic E-state index is 0.455. The highest BCUT2D eigenvalue weighted by molar-refractivity contribution is 6.43. The lowest BCUT2D eigenvalue weighted by Gasteiger charge is -2.06. The number of aromatic nitrogens is 1. The van der Waals surface area contributed by atoms with E-state index >= 15 is 0 Å². The Bertz CT molecular complexity index is 907. The fourth-order valence-electron chi connectivity index (χ4n) is 2.47. The molecule has 27 heavy (non-hydrogen) atoms. The van der Waals surface area contributed by atoms with E-state index in [0.717, 1.165) is 29.8 Å². The molecule has 0 aliphatic heterocycles. The molecule has 0 bridgehead atoms. The van der Waals surface area contributed by atoms with Gasteiger partial charge in [-0.2, -0.15) is 0 Å². The monoisotopic (exact) mass is 398 g/mol. The molecule has 0 aliphatic carbocycles. The van der Waals surface area contributed by atoms with Crippen LogP contribution in [0, 0.1) is 0 Å². The highest BCUT2D eigenvalue weighted by Crippen LogP contribution is 2.31. The Morgan fingerprint density at radius 1 is 1.04 bits per heavy atom. The molecule has 0 N–H and O–H groups in total. The molecule has 0 saturated carbocycles. The number of hydrogen-bond acceptors (Lipinski definition) is 3. The first-order chi connectivity index (χ1) is 13.2. The van der Waals surface area contributed by atoms with Crippen LogP contribution in [0.5, 0.6) is 5.75 Å². The summed E-state index contributed by atoms with van der Waals surface area (Å²) in [6.07, 6.45) is 5.46. The van der Waals surface area contributed by atoms with Gasteiger partial charge in [-0.1, -0.05) is 42.3 Å². The third kappa shape index (κ3) is 5.56. The first-order valence-electron chi connectivity index (χ1n) is 8.80. The zero-order valence-corrected chi connectivity index (χ0v) is 16.5. The van der Waals surface area contributed by atoms with Gasteiger partial charge in [0.25, 0.3) is 0 Å². The minimum atomic E-state index is 0.455. The Labute approximate surface area is 169 Å². The smallest absolute Gasteiger partial charge is 0.119 e. The fourth-order valence-corrected chi connectivity index (χ4v) is 2.82. The lowest BCUT2D eigenvalue weighted by atomic mass is 10.2. The van der Waals surface area contributed by atoms with Gasteiger partial charge in [-0.05, 0) is 60.0 Å². The SMILES string of the molecule is CCc1ccc(CCOc2ccc(C=Nc3cccc(Cl)c3Cl)cc2)nc1. The third-order valence-corrected chi connectivity index (χ3v) is 4.89. The van der Waals surface area contributed by atoms with Crippen LogP contribution in [0.2, 0.25) is 10.0 Å². The maximum absolute atomic E-state index is 6.14. The van der Waals surface area contributed by atoms with E-state index in [-0.39, 0.29) is 0 Å². The standard InChI is InChI=1S/C22H20Cl2N2O/c1-2-16-6-9-18(25-14-16)12-13-27-19-10-7-17(8-11-19)15-26-21-5-3-4-20(23)22(21)24/h3-11,14-15H,2,12-13H2,1H3. The first-order valence-corrected chi connectivity index (χ1v) is 9.56. The van der Waals surface area contributed by atoms with Crippen molar-refractivity contribution >= 4 is 35.1 Å². The number of pyridine rings is 1. The van der Waals surface area contributed by atoms with Crippen molar-refractivity contribution in [2.45, 2.75) is 19.8 Å². The Hall–Kier alpha value is -2.36. The first kappa shape index (κ1) is 19.4. The Balaban J connectivity index is 1.53. The number of benzene rings is 2. The molecule has 2 aromatic carbocycles. The van der Waals surface area contributed by atoms with Gasteiger partial charge in [0.15, 0.2) is 0 Å². The molecule has 0 saturated heterocycles. The van der Waals surface area contributed by atoms with Crippen LogP contribution < -0.4 is 4.74 Å². The highest BCUT2D eigenvalue weighted by Gasteiger charge is 2.02. The summed E-state index contributed by atoms with van der Waals surface area (Å²) in [5.41, 5.74) is 3.88. The molecular formula is C22H20Cl2N2O. The molecule has 0 amide bonds. The van der Waals surface area contributed by atoms with E-state index in [1.807, 2.05) is 42.6 Å². The Morgan fingerprint density at radius 3 is 2.56 bits per heavy atom. The molecule has 0 unspecified atom stereocenters. The molecular weight excluding hydrogens is 379 g/mol. The summed E-state index contributed by atoms with van der Waals surface area (Å²) in [6.45, 7) is 2.71. The summed E-state index contributed by atoms with van der Waals surface area (Å²) in [4.78, 5) is 8.84. The van der Waals surface area contributed by atoms with E-state index in [4.69, 9.17) is 27.9 Å². The normalized spacial score (nSPS) is 11.1. The van der Waals surface area contributed by atoms with E-state index in [2.05, 4.69) is 29.0 Å². The van der Waals surface area contributed by atoms with Crippen LogP contribution in [0.4, 0.5) is 5.69 Å². The summed E-state index contributed by atoms with van der Waals surface area (Å²) in [6, 6.07) is 17.3. The van der Waals surface area contributed by atoms with Gasteiger partial charge in [-0.15, -0.1) is 0 Å². The second-order valence-corrected chi connectivity index (χ2v) is 6.80. The number of rotatable bonds is 7. The van der Waals surface area contributed by atoms with E-state index in [9.17, 15) is 0 Å². The van der Waals surface area contributed by atoms with E-state index < -0.39 is 0 Å². The van der Waals surface area contributed by atoms with E-state index in [1.165, 1.54) is 5.56 Å². The number of nitrogens with zero attached hydrogens (tertiary/aromatic N) is 2. The Kier molecular flexibility index (Phi) is 6.86. The zero-order chi connectivity index (χ0) is 19.1. The summed E-state index contributed by atoms with van der Waals surface area (Å²) < 4.78 is 5.80. The third-order valence-electron chi connectivity index (χ3n) is 4.09. The number of aryl methyl sites for hydroxylation is 1. The lowest BCUT2D eigenvalue weighted by molar-refractivity contribution is 0.320. The molecule has 0 fully saturated rings. The van der Waals surface area contributed by atoms with Crippen molar-refractivity contribution in [3.8, 4) is 5.75 Å². The molecule has 3 nitrogen and oxygen atoms in total. The van der Waals surface area contributed by atoms with Crippen molar-refractivity contribution in [3.63, 3.8) is 0 Å². The second-order valence-electron chi connectivity index (χ2n) is 6.01. The molecule has 3 aromatic rings. The van der Waals surface area contributed by atoms with Gasteiger partial charge < -0.3 is 4.74 Å². The number of aliphatic imine (C=N–C) groups is 1. The van der Waals surface area contributed by atoms with Crippen LogP contribution in [0.3, 0.4) is 0 Å². The van der Waals surface area contributed by atoms with Crippen molar-refractivity contribution in [1.29, 1.82) is 0 Å². The highest BCUT2D eigenvalue weighted by atomic mass is 35.5. The predicted octanol–water partition coefficient (Wildman–Crippen LogP) is 6.32. The van der Waals surface area contributed by atoms with Crippen LogP contribution in [0.15, 0.2) is 65.8 Å². The van der Waals surface area contributed by atoms with Crippen LogP contribution >= 0.6 is 23.2 Å². The maximum atomic E-state index is 6.14. The predicted molar refractivity (Wildman–Crippen MR) is 113 cm³/mol. The van der Waals surface area contributed by atoms with E-state index in [1.54, 1.807) is 12.3 Å². The van der Waals surface area contributed by atoms with Crippen molar-refractivity contribution in [2.24, 2.45) is 4.99 Å². The number of halogens is 2. The van der Waals surface area contributed by atoms with Gasteiger partial charge in [0, 0.05) is 24.5 Å². The van der Waals surface area contributed by atoms with Crippen molar-refractivity contribution in [1.82, 2.24) is 4.98 Å². The van der Waals surface area contributed by atoms with Crippen molar-refractivity contribution < 1.29 is 4.74 Å². The van der Waals surface area contributed by atoms with Crippen LogP contribution in [0.1, 0.15) is 23.7 Å². The maximum Gasteiger partial charge on any atom is 0.119 e. The Morgan fingerprint density at radius 2 is 1.85 bits per heavy atom. The number of hydrogen-bond donors (Lipinski definition) is 0. The molecule has 0 atom stereocenters. The van der Waals surface area contributed by atoms with Gasteiger partial charge in [-0.3, -0.25) is 9.98 Å². The summed E-state index contributed by atoms with van der Waals surface area (Å²) in [7, 11) is 0. The largest absolute Gasteiger partial charge is 0.493 e. The molecule has 1 aromatic heterocycles. The average molecular weight is 399 g/mol.